The smallest absolute Gasteiger partial charge is 0.305 e. The Kier molecular flexibility index (Phi) is 5.10. The van der Waals surface area contributed by atoms with Crippen molar-refractivity contribution in [2.75, 3.05) is 19.1 Å². The highest BCUT2D eigenvalue weighted by Gasteiger charge is 2.69. The minimum absolute atomic E-state index is 0.00199. The van der Waals surface area contributed by atoms with E-state index in [2.05, 4.69) is 4.98 Å². The highest BCUT2D eigenvalue weighted by atomic mass is 32.2. The van der Waals surface area contributed by atoms with Gasteiger partial charge >= 0.3 is 4.87 Å². The van der Waals surface area contributed by atoms with Crippen molar-refractivity contribution in [1.82, 2.24) is 4.98 Å². The molecular weight excluding hydrogens is 515 g/mol. The number of methoxy groups -OCH3 is 2. The average molecular weight is 539 g/mol. The van der Waals surface area contributed by atoms with Crippen LogP contribution in [0.5, 0.6) is 11.5 Å². The summed E-state index contributed by atoms with van der Waals surface area (Å²) in [6.45, 7) is 0. The number of hydrogen-bond acceptors (Lipinski definition) is 7. The number of halogens is 1. The van der Waals surface area contributed by atoms with Crippen molar-refractivity contribution in [2.24, 2.45) is 29.6 Å². The van der Waals surface area contributed by atoms with Gasteiger partial charge in [0, 0.05) is 16.0 Å². The molecule has 3 fully saturated rings. The van der Waals surface area contributed by atoms with E-state index in [0.29, 0.717) is 17.2 Å². The monoisotopic (exact) mass is 538 g/mol. The molecule has 0 spiro atoms. The number of hydrogen-bond donors (Lipinski definition) is 1. The Morgan fingerprint density at radius 2 is 1.65 bits per heavy atom. The molecule has 0 unspecified atom stereocenters. The van der Waals surface area contributed by atoms with Gasteiger partial charge in [-0.05, 0) is 66.1 Å². The number of imide groups is 1. The number of benzene rings is 2. The van der Waals surface area contributed by atoms with Crippen molar-refractivity contribution in [3.05, 3.63) is 68.4 Å². The standard InChI is InChI=1S/C27H23FN2O5S2/c1-34-16-8-3-11(9-17(16)35-2)18-19-14-10-15(22(19)36-24-23(18)37-27(33)29-24)21-20(14)25(31)30(26(21)32)13-6-4-12(28)5-7-13/h3-9,14-15,18-22H,10H2,1-2H3,(H,29,33)/t14-,15-,18+,19+,20+,21+,22-/m1/s1. The van der Waals surface area contributed by atoms with Crippen LogP contribution in [0.15, 0.2) is 52.3 Å². The van der Waals surface area contributed by atoms with Gasteiger partial charge in [-0.25, -0.2) is 4.39 Å². The fourth-order valence-electron chi connectivity index (χ4n) is 7.28. The van der Waals surface area contributed by atoms with E-state index in [1.807, 2.05) is 18.2 Å². The highest BCUT2D eigenvalue weighted by molar-refractivity contribution is 8.00. The van der Waals surface area contributed by atoms with Crippen molar-refractivity contribution >= 4 is 40.6 Å². The molecule has 1 N–H and O–H groups in total. The maximum Gasteiger partial charge on any atom is 0.305 e. The zero-order chi connectivity index (χ0) is 25.6. The Balaban J connectivity index is 1.32. The molecule has 3 aromatic rings. The van der Waals surface area contributed by atoms with Crippen LogP contribution in [-0.2, 0) is 9.59 Å². The predicted molar refractivity (Wildman–Crippen MR) is 137 cm³/mol. The molecule has 10 heteroatoms. The maximum absolute atomic E-state index is 13.7. The number of aromatic nitrogens is 1. The zero-order valence-electron chi connectivity index (χ0n) is 20.0. The number of ether oxygens (including phenoxy) is 2. The van der Waals surface area contributed by atoms with Crippen molar-refractivity contribution in [3.63, 3.8) is 0 Å². The summed E-state index contributed by atoms with van der Waals surface area (Å²) in [6.07, 6.45) is 0.801. The van der Waals surface area contributed by atoms with Gasteiger partial charge in [0.25, 0.3) is 0 Å². The molecule has 2 aromatic carbocycles. The van der Waals surface area contributed by atoms with E-state index in [0.717, 1.165) is 21.9 Å². The van der Waals surface area contributed by atoms with Gasteiger partial charge in [-0.1, -0.05) is 17.4 Å². The number of fused-ring (bicyclic) bond motifs is 9. The van der Waals surface area contributed by atoms with Gasteiger partial charge in [0.05, 0.1) is 36.8 Å². The SMILES string of the molecule is COc1ccc([C@@H]2c3sc(=O)[nH]c3S[C@@H]3[C@@H]4C[C@@H]([C@@H]5C(=O)N(c6ccc(F)cc6)C(=O)[C@@H]45)[C@@H]23)cc1OC. The third-order valence-electron chi connectivity index (χ3n) is 8.58. The molecule has 0 radical (unpaired) electrons. The third-order valence-corrected chi connectivity index (χ3v) is 11.2. The second-order valence-electron chi connectivity index (χ2n) is 10.1. The number of rotatable bonds is 4. The molecule has 3 heterocycles. The van der Waals surface area contributed by atoms with Crippen molar-refractivity contribution in [3.8, 4) is 11.5 Å². The van der Waals surface area contributed by atoms with Crippen LogP contribution in [0.1, 0.15) is 22.8 Å². The first-order chi connectivity index (χ1) is 17.9. The molecule has 1 saturated heterocycles. The van der Waals surface area contributed by atoms with Crippen LogP contribution < -0.4 is 19.2 Å². The molecule has 4 aliphatic rings. The normalized spacial score (nSPS) is 31.3. The van der Waals surface area contributed by atoms with Crippen LogP contribution in [-0.4, -0.2) is 36.3 Å². The molecule has 7 atom stereocenters. The lowest BCUT2D eigenvalue weighted by molar-refractivity contribution is -0.123. The summed E-state index contributed by atoms with van der Waals surface area (Å²) in [5, 5.41) is 0.944. The van der Waals surface area contributed by atoms with E-state index in [1.165, 1.54) is 40.5 Å². The first kappa shape index (κ1) is 23.0. The summed E-state index contributed by atoms with van der Waals surface area (Å²) < 4.78 is 24.6. The molecule has 2 bridgehead atoms. The minimum atomic E-state index is -0.413. The van der Waals surface area contributed by atoms with Crippen molar-refractivity contribution in [2.45, 2.75) is 22.6 Å². The molecule has 2 saturated carbocycles. The van der Waals surface area contributed by atoms with Crippen LogP contribution >= 0.6 is 23.1 Å². The number of carbonyl (C=O) groups excluding carboxylic acids is 2. The summed E-state index contributed by atoms with van der Waals surface area (Å²) in [7, 11) is 3.18. The lowest BCUT2D eigenvalue weighted by atomic mass is 9.68. The summed E-state index contributed by atoms with van der Waals surface area (Å²) >= 11 is 2.86. The van der Waals surface area contributed by atoms with Crippen LogP contribution in [0.3, 0.4) is 0 Å². The molecule has 2 amide bonds. The first-order valence-corrected chi connectivity index (χ1v) is 13.9. The summed E-state index contributed by atoms with van der Waals surface area (Å²) in [4.78, 5) is 44.9. The number of H-pyrrole nitrogens is 1. The summed E-state index contributed by atoms with van der Waals surface area (Å²) in [5.74, 6) is -0.394. The molecule has 190 valence electrons. The number of thioether (sulfide) groups is 1. The quantitative estimate of drug-likeness (QED) is 0.499. The summed E-state index contributed by atoms with van der Waals surface area (Å²) in [6, 6.07) is 11.4. The predicted octanol–water partition coefficient (Wildman–Crippen LogP) is 4.27. The summed E-state index contributed by atoms with van der Waals surface area (Å²) in [5.41, 5.74) is 1.42. The molecule has 2 aliphatic heterocycles. The van der Waals surface area contributed by atoms with Crippen LogP contribution in [0.2, 0.25) is 0 Å². The Labute approximate surface area is 220 Å². The topological polar surface area (TPSA) is 88.7 Å². The number of thiazole rings is 1. The number of anilines is 1. The van der Waals surface area contributed by atoms with Gasteiger partial charge in [-0.2, -0.15) is 0 Å². The zero-order valence-corrected chi connectivity index (χ0v) is 21.6. The number of carbonyl (C=O) groups is 2. The lowest BCUT2D eigenvalue weighted by Gasteiger charge is -2.43. The molecule has 7 rings (SSSR count). The number of aromatic amines is 1. The van der Waals surface area contributed by atoms with Crippen LogP contribution in [0.25, 0.3) is 0 Å². The Bertz CT molecular complexity index is 1500. The fraction of sp³-hybridized carbons (Fsp3) is 0.370. The van der Waals surface area contributed by atoms with E-state index in [1.54, 1.807) is 26.0 Å². The van der Waals surface area contributed by atoms with Crippen LogP contribution in [0, 0.1) is 35.4 Å². The Hall–Kier alpha value is -3.11. The minimum Gasteiger partial charge on any atom is -0.493 e. The van der Waals surface area contributed by atoms with Gasteiger partial charge in [0.2, 0.25) is 11.8 Å². The largest absolute Gasteiger partial charge is 0.493 e. The lowest BCUT2D eigenvalue weighted by Crippen LogP contribution is -2.42. The molecule has 1 aromatic heterocycles. The van der Waals surface area contributed by atoms with Crippen molar-refractivity contribution in [1.29, 1.82) is 0 Å². The molecule has 37 heavy (non-hydrogen) atoms. The van der Waals surface area contributed by atoms with E-state index in [9.17, 15) is 18.8 Å². The second-order valence-corrected chi connectivity index (χ2v) is 12.3. The van der Waals surface area contributed by atoms with Crippen LogP contribution in [0.4, 0.5) is 10.1 Å². The van der Waals surface area contributed by atoms with E-state index >= 15 is 0 Å². The fourth-order valence-corrected chi connectivity index (χ4v) is 10.2. The van der Waals surface area contributed by atoms with E-state index in [4.69, 9.17) is 9.47 Å². The Morgan fingerprint density at radius 3 is 2.35 bits per heavy atom. The molecule has 2 aliphatic carbocycles. The van der Waals surface area contributed by atoms with Gasteiger partial charge in [0.1, 0.15) is 5.82 Å². The third kappa shape index (κ3) is 3.15. The highest BCUT2D eigenvalue weighted by Crippen LogP contribution is 2.68. The first-order valence-electron chi connectivity index (χ1n) is 12.2. The molecule has 7 nitrogen and oxygen atoms in total. The van der Waals surface area contributed by atoms with Gasteiger partial charge in [-0.15, -0.1) is 11.8 Å². The van der Waals surface area contributed by atoms with Crippen molar-refractivity contribution < 1.29 is 23.5 Å². The number of amides is 2. The van der Waals surface area contributed by atoms with Gasteiger partial charge in [-0.3, -0.25) is 19.3 Å². The molecular formula is C27H23FN2O5S2. The number of nitrogens with one attached hydrogen (secondary N) is 1. The van der Waals surface area contributed by atoms with E-state index in [-0.39, 0.29) is 45.6 Å². The van der Waals surface area contributed by atoms with Gasteiger partial charge < -0.3 is 14.5 Å². The van der Waals surface area contributed by atoms with E-state index < -0.39 is 17.7 Å². The maximum atomic E-state index is 13.7. The Morgan fingerprint density at radius 1 is 0.946 bits per heavy atom. The number of nitrogens with zero attached hydrogens (tertiary/aromatic N) is 1. The average Bonchev–Trinajstić information content (AvgIpc) is 3.63. The van der Waals surface area contributed by atoms with Gasteiger partial charge in [0.15, 0.2) is 11.5 Å². The second kappa shape index (κ2) is 8.19.